The zero-order chi connectivity index (χ0) is 22.0. The van der Waals surface area contributed by atoms with Crippen LogP contribution >= 0.6 is 11.3 Å². The first kappa shape index (κ1) is 20.9. The van der Waals surface area contributed by atoms with Gasteiger partial charge in [-0.05, 0) is 19.8 Å². The number of thiazole rings is 1. The fourth-order valence-corrected chi connectivity index (χ4v) is 4.47. The molecule has 4 heterocycles. The second kappa shape index (κ2) is 8.80. The number of carbonyl (C=O) groups excluding carboxylic acids is 2. The van der Waals surface area contributed by atoms with E-state index < -0.39 is 0 Å². The van der Waals surface area contributed by atoms with Crippen LogP contribution in [0.2, 0.25) is 0 Å². The number of rotatable bonds is 5. The second-order valence-electron chi connectivity index (χ2n) is 7.59. The molecule has 0 spiro atoms. The van der Waals surface area contributed by atoms with Gasteiger partial charge in [0.05, 0.1) is 5.69 Å². The van der Waals surface area contributed by atoms with E-state index in [4.69, 9.17) is 0 Å². The second-order valence-corrected chi connectivity index (χ2v) is 8.59. The van der Waals surface area contributed by atoms with E-state index >= 15 is 0 Å². The number of hydrogen-bond donors (Lipinski definition) is 1. The maximum absolute atomic E-state index is 12.8. The van der Waals surface area contributed by atoms with E-state index in [1.165, 1.54) is 16.2 Å². The van der Waals surface area contributed by atoms with Crippen molar-refractivity contribution >= 4 is 34.1 Å². The summed E-state index contributed by atoms with van der Waals surface area (Å²) in [5, 5.41) is 3.36. The van der Waals surface area contributed by atoms with Crippen molar-refractivity contribution in [3.63, 3.8) is 0 Å². The molecule has 0 atom stereocenters. The number of imidazole rings is 1. The van der Waals surface area contributed by atoms with Crippen LogP contribution in [0.5, 0.6) is 0 Å². The monoisotopic (exact) mass is 440 g/mol. The summed E-state index contributed by atoms with van der Waals surface area (Å²) in [6.07, 6.45) is 8.20. The Morgan fingerprint density at radius 1 is 1.19 bits per heavy atom. The highest BCUT2D eigenvalue weighted by atomic mass is 32.1. The number of nitrogens with zero attached hydrogens (tertiary/aromatic N) is 7. The molecule has 3 aromatic heterocycles. The van der Waals surface area contributed by atoms with Gasteiger partial charge in [-0.15, -0.1) is 0 Å². The number of aryl methyl sites for hydroxylation is 1. The number of anilines is 2. The van der Waals surface area contributed by atoms with E-state index in [1.54, 1.807) is 39.9 Å². The SMILES string of the molecule is Cc1nc(NC(=O)C2CCN(c3cc(-n4ccnc4)ncn3)CC2)sc1C(=O)N(C)C. The minimum absolute atomic E-state index is 0.0564. The summed E-state index contributed by atoms with van der Waals surface area (Å²) < 4.78 is 1.83. The first-order valence-corrected chi connectivity index (χ1v) is 10.8. The van der Waals surface area contributed by atoms with E-state index in [0.717, 1.165) is 24.7 Å². The minimum Gasteiger partial charge on any atom is -0.356 e. The number of piperidine rings is 1. The molecule has 31 heavy (non-hydrogen) atoms. The van der Waals surface area contributed by atoms with E-state index in [2.05, 4.69) is 30.2 Å². The van der Waals surface area contributed by atoms with Crippen molar-refractivity contribution in [1.82, 2.24) is 29.4 Å². The van der Waals surface area contributed by atoms with Gasteiger partial charge in [-0.25, -0.2) is 19.9 Å². The fourth-order valence-electron chi connectivity index (χ4n) is 3.48. The summed E-state index contributed by atoms with van der Waals surface area (Å²) >= 11 is 1.22. The smallest absolute Gasteiger partial charge is 0.265 e. The lowest BCUT2D eigenvalue weighted by Crippen LogP contribution is -2.38. The zero-order valence-corrected chi connectivity index (χ0v) is 18.5. The van der Waals surface area contributed by atoms with E-state index in [9.17, 15) is 9.59 Å². The van der Waals surface area contributed by atoms with Crippen LogP contribution in [0.1, 0.15) is 28.2 Å². The standard InChI is InChI=1S/C20H24N8O2S/c1-13-17(19(30)26(2)3)31-20(24-13)25-18(29)14-4-7-27(8-5-14)15-10-16(23-11-22-15)28-9-6-21-12-28/h6,9-12,14H,4-5,7-8H2,1-3H3,(H,24,25,29). The molecule has 0 saturated carbocycles. The van der Waals surface area contributed by atoms with Crippen LogP contribution in [-0.4, -0.2) is 68.4 Å². The summed E-state index contributed by atoms with van der Waals surface area (Å²) in [6, 6.07) is 1.92. The molecule has 1 N–H and O–H groups in total. The molecule has 162 valence electrons. The van der Waals surface area contributed by atoms with Crippen molar-refractivity contribution < 1.29 is 9.59 Å². The van der Waals surface area contributed by atoms with Crippen LogP contribution < -0.4 is 10.2 Å². The molecule has 0 aliphatic carbocycles. The molecule has 3 aromatic rings. The normalized spacial score (nSPS) is 14.5. The molecule has 1 aliphatic heterocycles. The van der Waals surface area contributed by atoms with E-state index in [1.807, 2.05) is 16.8 Å². The number of amides is 2. The highest BCUT2D eigenvalue weighted by molar-refractivity contribution is 7.17. The maximum Gasteiger partial charge on any atom is 0.265 e. The molecule has 0 aromatic carbocycles. The Kier molecular flexibility index (Phi) is 5.94. The Bertz CT molecular complexity index is 1070. The fraction of sp³-hybridized carbons (Fsp3) is 0.400. The first-order chi connectivity index (χ1) is 14.9. The Labute approximate surface area is 184 Å². The third kappa shape index (κ3) is 4.55. The predicted octanol–water partition coefficient (Wildman–Crippen LogP) is 1.98. The van der Waals surface area contributed by atoms with Crippen molar-refractivity contribution in [3.05, 3.63) is 41.7 Å². The summed E-state index contributed by atoms with van der Waals surface area (Å²) in [5.74, 6) is 1.32. The van der Waals surface area contributed by atoms with E-state index in [-0.39, 0.29) is 17.7 Å². The largest absolute Gasteiger partial charge is 0.356 e. The molecule has 1 aliphatic rings. The Balaban J connectivity index is 1.36. The van der Waals surface area contributed by atoms with Crippen LogP contribution in [0.25, 0.3) is 5.82 Å². The van der Waals surface area contributed by atoms with Crippen LogP contribution in [0.4, 0.5) is 10.9 Å². The lowest BCUT2D eigenvalue weighted by molar-refractivity contribution is -0.120. The van der Waals surface area contributed by atoms with Crippen molar-refractivity contribution in [1.29, 1.82) is 0 Å². The Hall–Kier alpha value is -3.34. The quantitative estimate of drug-likeness (QED) is 0.646. The minimum atomic E-state index is -0.108. The number of hydrogen-bond acceptors (Lipinski definition) is 8. The van der Waals surface area contributed by atoms with Crippen molar-refractivity contribution in [3.8, 4) is 5.82 Å². The number of carbonyl (C=O) groups is 2. The molecule has 4 rings (SSSR count). The van der Waals surface area contributed by atoms with Crippen LogP contribution in [0, 0.1) is 12.8 Å². The highest BCUT2D eigenvalue weighted by Gasteiger charge is 2.27. The van der Waals surface area contributed by atoms with Gasteiger partial charge in [0.25, 0.3) is 5.91 Å². The Morgan fingerprint density at radius 3 is 2.61 bits per heavy atom. The van der Waals surface area contributed by atoms with Gasteiger partial charge in [-0.1, -0.05) is 11.3 Å². The molecule has 0 bridgehead atoms. The molecule has 1 saturated heterocycles. The lowest BCUT2D eigenvalue weighted by atomic mass is 9.96. The van der Waals surface area contributed by atoms with Gasteiger partial charge in [-0.3, -0.25) is 14.2 Å². The van der Waals surface area contributed by atoms with Gasteiger partial charge in [0.15, 0.2) is 5.13 Å². The van der Waals surface area contributed by atoms with Crippen molar-refractivity contribution in [2.24, 2.45) is 5.92 Å². The number of aromatic nitrogens is 5. The van der Waals surface area contributed by atoms with Gasteiger partial charge >= 0.3 is 0 Å². The van der Waals surface area contributed by atoms with Crippen LogP contribution in [0.3, 0.4) is 0 Å². The van der Waals surface area contributed by atoms with Crippen LogP contribution in [-0.2, 0) is 4.79 Å². The molecule has 0 unspecified atom stereocenters. The van der Waals surface area contributed by atoms with Gasteiger partial charge in [-0.2, -0.15) is 0 Å². The number of nitrogens with one attached hydrogen (secondary N) is 1. The van der Waals surface area contributed by atoms with Crippen molar-refractivity contribution in [2.75, 3.05) is 37.4 Å². The molecule has 10 nitrogen and oxygen atoms in total. The lowest BCUT2D eigenvalue weighted by Gasteiger charge is -2.32. The maximum atomic E-state index is 12.8. The average molecular weight is 441 g/mol. The third-order valence-corrected chi connectivity index (χ3v) is 6.28. The van der Waals surface area contributed by atoms with Gasteiger partial charge in [0.2, 0.25) is 5.91 Å². The van der Waals surface area contributed by atoms with Gasteiger partial charge in [0, 0.05) is 51.6 Å². The summed E-state index contributed by atoms with van der Waals surface area (Å²) in [7, 11) is 3.40. The van der Waals surface area contributed by atoms with Crippen LogP contribution in [0.15, 0.2) is 31.1 Å². The topological polar surface area (TPSA) is 109 Å². The zero-order valence-electron chi connectivity index (χ0n) is 17.6. The molecule has 2 amide bonds. The molecule has 1 fully saturated rings. The molecule has 0 radical (unpaired) electrons. The van der Waals surface area contributed by atoms with Gasteiger partial charge < -0.3 is 15.1 Å². The predicted molar refractivity (Wildman–Crippen MR) is 118 cm³/mol. The Morgan fingerprint density at radius 2 is 1.94 bits per heavy atom. The van der Waals surface area contributed by atoms with E-state index in [0.29, 0.717) is 28.5 Å². The molecule has 11 heteroatoms. The first-order valence-electron chi connectivity index (χ1n) is 9.97. The third-order valence-electron chi connectivity index (χ3n) is 5.22. The summed E-state index contributed by atoms with van der Waals surface area (Å²) in [6.45, 7) is 3.22. The van der Waals surface area contributed by atoms with Gasteiger partial charge in [0.1, 0.15) is 29.2 Å². The average Bonchev–Trinajstić information content (AvgIpc) is 3.43. The molecular formula is C20H24N8O2S. The summed E-state index contributed by atoms with van der Waals surface area (Å²) in [5.41, 5.74) is 0.631. The van der Waals surface area contributed by atoms with Crippen molar-refractivity contribution in [2.45, 2.75) is 19.8 Å². The summed E-state index contributed by atoms with van der Waals surface area (Å²) in [4.78, 5) is 46.2. The molecular weight excluding hydrogens is 416 g/mol. The highest BCUT2D eigenvalue weighted by Crippen LogP contribution is 2.27.